The van der Waals surface area contributed by atoms with E-state index in [-0.39, 0.29) is 11.9 Å². The van der Waals surface area contributed by atoms with Gasteiger partial charge in [-0.15, -0.1) is 0 Å². The molecular weight excluding hydrogens is 399 g/mol. The van der Waals surface area contributed by atoms with Gasteiger partial charge in [-0.1, -0.05) is 48.0 Å². The van der Waals surface area contributed by atoms with Gasteiger partial charge in [0.15, 0.2) is 0 Å². The monoisotopic (exact) mass is 424 g/mol. The summed E-state index contributed by atoms with van der Waals surface area (Å²) in [5.74, 6) is -0.245. The molecule has 3 aromatic carbocycles. The van der Waals surface area contributed by atoms with E-state index in [1.165, 1.54) is 0 Å². The zero-order valence-electron chi connectivity index (χ0n) is 17.2. The van der Waals surface area contributed by atoms with Gasteiger partial charge in [0.2, 0.25) is 0 Å². The molecule has 0 bridgehead atoms. The zero-order chi connectivity index (χ0) is 21.3. The zero-order valence-corrected chi connectivity index (χ0v) is 18.0. The summed E-state index contributed by atoms with van der Waals surface area (Å²) in [4.78, 5) is 4.16. The number of nitrogens with zero attached hydrogens (tertiary/aromatic N) is 2. The van der Waals surface area contributed by atoms with Gasteiger partial charge in [0.05, 0.1) is 12.1 Å². The lowest BCUT2D eigenvalue weighted by Gasteiger charge is -2.27. The van der Waals surface area contributed by atoms with Crippen LogP contribution in [0.2, 0.25) is 5.02 Å². The van der Waals surface area contributed by atoms with Crippen molar-refractivity contribution in [2.45, 2.75) is 25.1 Å². The van der Waals surface area contributed by atoms with Crippen LogP contribution < -0.4 is 4.90 Å². The SMILES string of the molecule is CN(C)Cc1ccccc1-c1ccc([C@H]2C[C@@H](O)CN2c2ccc(Cl)cc2)c(F)c1. The van der Waals surface area contributed by atoms with E-state index in [9.17, 15) is 5.11 Å². The van der Waals surface area contributed by atoms with Gasteiger partial charge < -0.3 is 14.9 Å². The molecule has 0 aromatic heterocycles. The van der Waals surface area contributed by atoms with E-state index in [0.717, 1.165) is 28.9 Å². The van der Waals surface area contributed by atoms with Crippen molar-refractivity contribution < 1.29 is 9.50 Å². The number of halogens is 2. The molecule has 1 heterocycles. The molecule has 0 unspecified atom stereocenters. The van der Waals surface area contributed by atoms with Crippen molar-refractivity contribution in [2.75, 3.05) is 25.5 Å². The molecule has 0 aliphatic carbocycles. The summed E-state index contributed by atoms with van der Waals surface area (Å²) in [5, 5.41) is 11.0. The average molecular weight is 425 g/mol. The fourth-order valence-electron chi connectivity index (χ4n) is 4.27. The molecule has 1 aliphatic heterocycles. The van der Waals surface area contributed by atoms with Gasteiger partial charge in [-0.05, 0) is 67.5 Å². The lowest BCUT2D eigenvalue weighted by molar-refractivity contribution is 0.194. The molecule has 3 aromatic rings. The van der Waals surface area contributed by atoms with Crippen molar-refractivity contribution in [2.24, 2.45) is 0 Å². The molecule has 0 amide bonds. The maximum atomic E-state index is 15.3. The summed E-state index contributed by atoms with van der Waals surface area (Å²) in [7, 11) is 4.05. The molecule has 1 N–H and O–H groups in total. The van der Waals surface area contributed by atoms with E-state index in [2.05, 4.69) is 15.9 Å². The van der Waals surface area contributed by atoms with E-state index in [0.29, 0.717) is 23.6 Å². The van der Waals surface area contributed by atoms with E-state index in [1.54, 1.807) is 6.07 Å². The predicted molar refractivity (Wildman–Crippen MR) is 121 cm³/mol. The molecule has 1 fully saturated rings. The fourth-order valence-corrected chi connectivity index (χ4v) is 4.40. The smallest absolute Gasteiger partial charge is 0.129 e. The number of hydrogen-bond donors (Lipinski definition) is 1. The number of anilines is 1. The van der Waals surface area contributed by atoms with Gasteiger partial charge in [-0.3, -0.25) is 0 Å². The Bertz CT molecular complexity index is 1020. The first-order valence-electron chi connectivity index (χ1n) is 10.1. The van der Waals surface area contributed by atoms with Crippen molar-refractivity contribution in [3.8, 4) is 11.1 Å². The summed E-state index contributed by atoms with van der Waals surface area (Å²) in [5.41, 5.74) is 4.60. The second kappa shape index (κ2) is 8.76. The predicted octanol–water partition coefficient (Wildman–Crippen LogP) is 5.52. The summed E-state index contributed by atoms with van der Waals surface area (Å²) < 4.78 is 15.3. The number of rotatable bonds is 5. The standard InChI is InChI=1S/C25H26ClFN2O/c1-28(2)15-18-5-3-4-6-22(18)17-7-12-23(24(27)13-17)25-14-21(30)16-29(25)20-10-8-19(26)9-11-20/h3-13,21,25,30H,14-16H2,1-2H3/t21-,25-/m1/s1. The molecule has 2 atom stereocenters. The molecule has 0 spiro atoms. The summed E-state index contributed by atoms with van der Waals surface area (Å²) in [6.45, 7) is 1.26. The molecule has 1 saturated heterocycles. The van der Waals surface area contributed by atoms with E-state index < -0.39 is 6.10 Å². The second-order valence-electron chi connectivity index (χ2n) is 8.17. The van der Waals surface area contributed by atoms with Crippen LogP contribution in [0.25, 0.3) is 11.1 Å². The van der Waals surface area contributed by atoms with Gasteiger partial charge >= 0.3 is 0 Å². The Morgan fingerprint density at radius 1 is 1.07 bits per heavy atom. The van der Waals surface area contributed by atoms with Crippen molar-refractivity contribution in [3.05, 3.63) is 88.7 Å². The van der Waals surface area contributed by atoms with E-state index in [1.807, 2.05) is 68.7 Å². The van der Waals surface area contributed by atoms with Crippen LogP contribution in [0.15, 0.2) is 66.7 Å². The highest BCUT2D eigenvalue weighted by Crippen LogP contribution is 2.39. The molecule has 0 radical (unpaired) electrons. The Hall–Kier alpha value is -2.40. The molecule has 156 valence electrons. The van der Waals surface area contributed by atoms with Crippen LogP contribution in [-0.2, 0) is 6.54 Å². The molecular formula is C25H26ClFN2O. The van der Waals surface area contributed by atoms with Crippen LogP contribution in [-0.4, -0.2) is 36.8 Å². The van der Waals surface area contributed by atoms with Crippen molar-refractivity contribution in [3.63, 3.8) is 0 Å². The van der Waals surface area contributed by atoms with Gasteiger partial charge in [0.1, 0.15) is 5.82 Å². The lowest BCUT2D eigenvalue weighted by atomic mass is 9.95. The molecule has 3 nitrogen and oxygen atoms in total. The highest BCUT2D eigenvalue weighted by molar-refractivity contribution is 6.30. The third-order valence-electron chi connectivity index (χ3n) is 5.61. The molecule has 4 rings (SSSR count). The first-order chi connectivity index (χ1) is 14.4. The fraction of sp³-hybridized carbons (Fsp3) is 0.280. The van der Waals surface area contributed by atoms with Gasteiger partial charge in [-0.25, -0.2) is 4.39 Å². The highest BCUT2D eigenvalue weighted by Gasteiger charge is 2.34. The Morgan fingerprint density at radius 2 is 1.80 bits per heavy atom. The van der Waals surface area contributed by atoms with Crippen molar-refractivity contribution in [1.29, 1.82) is 0 Å². The van der Waals surface area contributed by atoms with E-state index in [4.69, 9.17) is 11.6 Å². The van der Waals surface area contributed by atoms with Crippen LogP contribution in [0, 0.1) is 5.82 Å². The Balaban J connectivity index is 1.67. The number of β-amino-alcohol motifs (C(OH)–C–C–N with tert-alkyl or cyclic N) is 1. The van der Waals surface area contributed by atoms with Crippen LogP contribution in [0.1, 0.15) is 23.6 Å². The molecule has 30 heavy (non-hydrogen) atoms. The van der Waals surface area contributed by atoms with Crippen LogP contribution in [0.3, 0.4) is 0 Å². The normalized spacial score (nSPS) is 18.9. The van der Waals surface area contributed by atoms with E-state index >= 15 is 4.39 Å². The summed E-state index contributed by atoms with van der Waals surface area (Å²) in [6, 6.07) is 20.8. The largest absolute Gasteiger partial charge is 0.391 e. The average Bonchev–Trinajstić information content (AvgIpc) is 3.10. The quantitative estimate of drug-likeness (QED) is 0.584. The first kappa shape index (κ1) is 20.9. The van der Waals surface area contributed by atoms with Gasteiger partial charge in [-0.2, -0.15) is 0 Å². The number of hydrogen-bond acceptors (Lipinski definition) is 3. The van der Waals surface area contributed by atoms with Gasteiger partial charge in [0, 0.05) is 29.4 Å². The van der Waals surface area contributed by atoms with Crippen molar-refractivity contribution in [1.82, 2.24) is 4.90 Å². The van der Waals surface area contributed by atoms with Crippen LogP contribution >= 0.6 is 11.6 Å². The minimum Gasteiger partial charge on any atom is -0.391 e. The summed E-state index contributed by atoms with van der Waals surface area (Å²) in [6.07, 6.45) is 0.00130. The molecule has 5 heteroatoms. The Labute approximate surface area is 182 Å². The van der Waals surface area contributed by atoms with Crippen LogP contribution in [0.5, 0.6) is 0 Å². The number of aliphatic hydroxyl groups is 1. The van der Waals surface area contributed by atoms with Gasteiger partial charge in [0.25, 0.3) is 0 Å². The number of aliphatic hydroxyl groups excluding tert-OH is 1. The minimum absolute atomic E-state index is 0.216. The maximum Gasteiger partial charge on any atom is 0.129 e. The molecule has 0 saturated carbocycles. The second-order valence-corrected chi connectivity index (χ2v) is 8.60. The third-order valence-corrected chi connectivity index (χ3v) is 5.86. The maximum absolute atomic E-state index is 15.3. The topological polar surface area (TPSA) is 26.7 Å². The Morgan fingerprint density at radius 3 is 2.50 bits per heavy atom. The van der Waals surface area contributed by atoms with Crippen molar-refractivity contribution >= 4 is 17.3 Å². The lowest BCUT2D eigenvalue weighted by Crippen LogP contribution is -2.24. The minimum atomic E-state index is -0.495. The molecule has 1 aliphatic rings. The summed E-state index contributed by atoms with van der Waals surface area (Å²) >= 11 is 6.01. The first-order valence-corrected chi connectivity index (χ1v) is 10.5. The number of benzene rings is 3. The highest BCUT2D eigenvalue weighted by atomic mass is 35.5. The third kappa shape index (κ3) is 4.36. The Kier molecular flexibility index (Phi) is 6.09. The van der Waals surface area contributed by atoms with Crippen LogP contribution in [0.4, 0.5) is 10.1 Å².